The molecule has 0 aliphatic heterocycles. The Morgan fingerprint density at radius 2 is 1.35 bits per heavy atom. The third-order valence-electron chi connectivity index (χ3n) is 4.33. The molecule has 4 heteroatoms. The summed E-state index contributed by atoms with van der Waals surface area (Å²) in [5, 5.41) is 0. The highest BCUT2D eigenvalue weighted by Gasteiger charge is 2.04. The number of benzene rings is 2. The quantitative estimate of drug-likeness (QED) is 0.393. The van der Waals surface area contributed by atoms with Crippen LogP contribution in [0.2, 0.25) is 0 Å². The Morgan fingerprint density at radius 1 is 0.769 bits per heavy atom. The highest BCUT2D eigenvalue weighted by Crippen LogP contribution is 2.18. The van der Waals surface area contributed by atoms with Gasteiger partial charge in [0.15, 0.2) is 0 Å². The molecule has 0 radical (unpaired) electrons. The van der Waals surface area contributed by atoms with Gasteiger partial charge in [-0.05, 0) is 50.5 Å². The molecule has 4 N–H and O–H groups in total. The Kier molecular flexibility index (Phi) is 8.67. The van der Waals surface area contributed by atoms with Crippen LogP contribution >= 0.6 is 0 Å². The number of unbranched alkanes of at least 4 members (excludes halogenated alkanes) is 5. The van der Waals surface area contributed by atoms with E-state index in [9.17, 15) is 0 Å². The van der Waals surface area contributed by atoms with Crippen LogP contribution in [0.4, 0.5) is 11.4 Å². The largest absolute Gasteiger partial charge is 0.494 e. The number of anilines is 2. The van der Waals surface area contributed by atoms with Crippen molar-refractivity contribution < 1.29 is 9.47 Å². The number of ether oxygens (including phenoxy) is 2. The van der Waals surface area contributed by atoms with Gasteiger partial charge in [0.2, 0.25) is 0 Å². The number of rotatable bonds is 12. The molecular formula is C22H32N2O2. The summed E-state index contributed by atoms with van der Waals surface area (Å²) in [6.07, 6.45) is 8.57. The summed E-state index contributed by atoms with van der Waals surface area (Å²) >= 11 is 0. The van der Waals surface area contributed by atoms with Crippen molar-refractivity contribution in [3.05, 3.63) is 48.5 Å². The van der Waals surface area contributed by atoms with Crippen LogP contribution in [-0.4, -0.2) is 12.7 Å². The van der Waals surface area contributed by atoms with E-state index < -0.39 is 0 Å². The standard InChI is InChI=1S/C22H32N2O2/c1-18(26-22-14-9-12-20(24)17-22)10-6-4-2-3-5-7-15-25-21-13-8-11-19(23)16-21/h8-9,11-14,16-18H,2-7,10,15,23-24H2,1H3. The van der Waals surface area contributed by atoms with Crippen molar-refractivity contribution in [3.63, 3.8) is 0 Å². The second-order valence-corrected chi connectivity index (χ2v) is 6.83. The fourth-order valence-corrected chi connectivity index (χ4v) is 2.91. The van der Waals surface area contributed by atoms with Gasteiger partial charge in [0.25, 0.3) is 0 Å². The van der Waals surface area contributed by atoms with Crippen LogP contribution in [0.25, 0.3) is 0 Å². The second-order valence-electron chi connectivity index (χ2n) is 6.83. The molecule has 2 rings (SSSR count). The number of hydrogen-bond acceptors (Lipinski definition) is 4. The van der Waals surface area contributed by atoms with E-state index in [0.717, 1.165) is 42.3 Å². The van der Waals surface area contributed by atoms with Crippen LogP contribution in [-0.2, 0) is 0 Å². The van der Waals surface area contributed by atoms with Crippen LogP contribution in [0.15, 0.2) is 48.5 Å². The lowest BCUT2D eigenvalue weighted by molar-refractivity contribution is 0.206. The Labute approximate surface area is 157 Å². The summed E-state index contributed by atoms with van der Waals surface area (Å²) in [5.74, 6) is 1.72. The van der Waals surface area contributed by atoms with E-state index in [4.69, 9.17) is 20.9 Å². The van der Waals surface area contributed by atoms with E-state index in [2.05, 4.69) is 6.92 Å². The van der Waals surface area contributed by atoms with E-state index in [1.165, 1.54) is 32.1 Å². The fourth-order valence-electron chi connectivity index (χ4n) is 2.91. The van der Waals surface area contributed by atoms with E-state index in [1.807, 2.05) is 48.5 Å². The summed E-state index contributed by atoms with van der Waals surface area (Å²) < 4.78 is 11.6. The highest BCUT2D eigenvalue weighted by atomic mass is 16.5. The van der Waals surface area contributed by atoms with E-state index in [0.29, 0.717) is 0 Å². The van der Waals surface area contributed by atoms with Gasteiger partial charge in [-0.3, -0.25) is 0 Å². The first-order valence-corrected chi connectivity index (χ1v) is 9.64. The second kappa shape index (κ2) is 11.3. The molecule has 2 aromatic carbocycles. The molecular weight excluding hydrogens is 324 g/mol. The van der Waals surface area contributed by atoms with Crippen molar-refractivity contribution in [2.24, 2.45) is 0 Å². The Hall–Kier alpha value is -2.36. The van der Waals surface area contributed by atoms with Gasteiger partial charge in [-0.15, -0.1) is 0 Å². The Balaban J connectivity index is 1.44. The summed E-state index contributed by atoms with van der Waals surface area (Å²) in [6, 6.07) is 15.2. The van der Waals surface area contributed by atoms with Crippen molar-refractivity contribution in [1.29, 1.82) is 0 Å². The maximum Gasteiger partial charge on any atom is 0.121 e. The molecule has 0 aromatic heterocycles. The average Bonchev–Trinajstić information content (AvgIpc) is 2.60. The van der Waals surface area contributed by atoms with Gasteiger partial charge in [0, 0.05) is 23.5 Å². The van der Waals surface area contributed by atoms with Crippen LogP contribution in [0.1, 0.15) is 51.9 Å². The van der Waals surface area contributed by atoms with Crippen molar-refractivity contribution in [3.8, 4) is 11.5 Å². The molecule has 1 atom stereocenters. The van der Waals surface area contributed by atoms with E-state index in [1.54, 1.807) is 0 Å². The van der Waals surface area contributed by atoms with Gasteiger partial charge in [-0.1, -0.05) is 37.8 Å². The zero-order valence-electron chi connectivity index (χ0n) is 15.8. The minimum Gasteiger partial charge on any atom is -0.494 e. The third kappa shape index (κ3) is 8.15. The zero-order valence-corrected chi connectivity index (χ0v) is 15.8. The number of nitrogen functional groups attached to an aromatic ring is 2. The van der Waals surface area contributed by atoms with Crippen molar-refractivity contribution >= 4 is 11.4 Å². The van der Waals surface area contributed by atoms with E-state index in [-0.39, 0.29) is 6.10 Å². The molecule has 0 bridgehead atoms. The molecule has 0 heterocycles. The van der Waals surface area contributed by atoms with Crippen molar-refractivity contribution in [2.45, 2.75) is 58.0 Å². The minimum atomic E-state index is 0.225. The predicted molar refractivity (Wildman–Crippen MR) is 110 cm³/mol. The molecule has 1 unspecified atom stereocenters. The molecule has 0 amide bonds. The zero-order chi connectivity index (χ0) is 18.6. The van der Waals surface area contributed by atoms with Crippen LogP contribution in [0.3, 0.4) is 0 Å². The average molecular weight is 357 g/mol. The van der Waals surface area contributed by atoms with Crippen molar-refractivity contribution in [1.82, 2.24) is 0 Å². The van der Waals surface area contributed by atoms with Gasteiger partial charge in [0.1, 0.15) is 11.5 Å². The van der Waals surface area contributed by atoms with Crippen LogP contribution in [0, 0.1) is 0 Å². The molecule has 2 aromatic rings. The maximum atomic E-state index is 5.90. The smallest absolute Gasteiger partial charge is 0.121 e. The predicted octanol–water partition coefficient (Wildman–Crippen LogP) is 5.43. The van der Waals surface area contributed by atoms with Crippen molar-refractivity contribution in [2.75, 3.05) is 18.1 Å². The van der Waals surface area contributed by atoms with Crippen LogP contribution < -0.4 is 20.9 Å². The first kappa shape index (κ1) is 20.0. The molecule has 0 fully saturated rings. The fraction of sp³-hybridized carbons (Fsp3) is 0.455. The first-order chi connectivity index (χ1) is 12.6. The summed E-state index contributed by atoms with van der Waals surface area (Å²) in [6.45, 7) is 2.88. The van der Waals surface area contributed by atoms with Gasteiger partial charge in [-0.25, -0.2) is 0 Å². The van der Waals surface area contributed by atoms with Gasteiger partial charge < -0.3 is 20.9 Å². The van der Waals surface area contributed by atoms with Gasteiger partial charge >= 0.3 is 0 Å². The summed E-state index contributed by atoms with van der Waals surface area (Å²) in [4.78, 5) is 0. The molecule has 26 heavy (non-hydrogen) atoms. The lowest BCUT2D eigenvalue weighted by Crippen LogP contribution is -2.11. The van der Waals surface area contributed by atoms with Gasteiger partial charge in [0.05, 0.1) is 12.7 Å². The minimum absolute atomic E-state index is 0.225. The Bertz CT molecular complexity index is 646. The molecule has 4 nitrogen and oxygen atoms in total. The normalized spacial score (nSPS) is 11.9. The molecule has 0 aliphatic rings. The summed E-state index contributed by atoms with van der Waals surface area (Å²) in [5.41, 5.74) is 13.0. The summed E-state index contributed by atoms with van der Waals surface area (Å²) in [7, 11) is 0. The molecule has 0 aliphatic carbocycles. The topological polar surface area (TPSA) is 70.5 Å². The maximum absolute atomic E-state index is 5.90. The third-order valence-corrected chi connectivity index (χ3v) is 4.33. The van der Waals surface area contributed by atoms with E-state index >= 15 is 0 Å². The van der Waals surface area contributed by atoms with Gasteiger partial charge in [-0.2, -0.15) is 0 Å². The first-order valence-electron chi connectivity index (χ1n) is 9.64. The monoisotopic (exact) mass is 356 g/mol. The molecule has 142 valence electrons. The molecule has 0 spiro atoms. The lowest BCUT2D eigenvalue weighted by Gasteiger charge is -2.14. The SMILES string of the molecule is CC(CCCCCCCCOc1cccc(N)c1)Oc1cccc(N)c1. The number of nitrogens with two attached hydrogens (primary N) is 2. The highest BCUT2D eigenvalue weighted by molar-refractivity contribution is 5.44. The number of hydrogen-bond donors (Lipinski definition) is 2. The van der Waals surface area contributed by atoms with Crippen LogP contribution in [0.5, 0.6) is 11.5 Å². The molecule has 0 saturated carbocycles. The Morgan fingerprint density at radius 3 is 2.04 bits per heavy atom. The lowest BCUT2D eigenvalue weighted by atomic mass is 10.1. The molecule has 0 saturated heterocycles.